The Hall–Kier alpha value is -4.28. The zero-order chi connectivity index (χ0) is 29.8. The summed E-state index contributed by atoms with van der Waals surface area (Å²) in [6.07, 6.45) is 2.94. The molecule has 2 N–H and O–H groups in total. The molecule has 0 spiro atoms. The molecule has 11 heteroatoms. The van der Waals surface area contributed by atoms with Crippen molar-refractivity contribution in [3.8, 4) is 17.2 Å². The summed E-state index contributed by atoms with van der Waals surface area (Å²) in [6, 6.07) is 5.20. The number of rotatable bonds is 16. The van der Waals surface area contributed by atoms with Gasteiger partial charge in [0.2, 0.25) is 5.75 Å². The van der Waals surface area contributed by atoms with Crippen molar-refractivity contribution < 1.29 is 43.8 Å². The summed E-state index contributed by atoms with van der Waals surface area (Å²) >= 11 is 0. The summed E-state index contributed by atoms with van der Waals surface area (Å²) in [5.74, 6) is -6.03. The number of nitrogens with zero attached hydrogens (tertiary/aromatic N) is 1. The molecule has 40 heavy (non-hydrogen) atoms. The predicted molar refractivity (Wildman–Crippen MR) is 145 cm³/mol. The van der Waals surface area contributed by atoms with E-state index in [1.807, 2.05) is 20.8 Å². The number of carbonyl (C=O) groups excluding carboxylic acids is 4. The van der Waals surface area contributed by atoms with E-state index in [1.54, 1.807) is 0 Å². The molecule has 11 nitrogen and oxygen atoms in total. The molecule has 0 saturated carbocycles. The Morgan fingerprint density at radius 3 is 1.82 bits per heavy atom. The average Bonchev–Trinajstić information content (AvgIpc) is 2.94. The van der Waals surface area contributed by atoms with Gasteiger partial charge in [-0.15, -0.1) is 0 Å². The standard InChI is InChI=1S/C29H35NO10/c1-4-7-10-20(31)23-25(29(36)39-17-18-13-15-19(16-14-18)30(37)38)24(21(32)11-8-5-2)28(27(35)26(23)34)40-22(33)12-9-6-3/h13-16,34-35H,4-12,17H2,1-3H3. The van der Waals surface area contributed by atoms with Crippen molar-refractivity contribution in [3.05, 3.63) is 56.6 Å². The fraction of sp³-hybridized carbons (Fsp3) is 0.448. The number of ether oxygens (including phenoxy) is 2. The number of ketones is 2. The lowest BCUT2D eigenvalue weighted by Crippen LogP contribution is -2.21. The van der Waals surface area contributed by atoms with Gasteiger partial charge in [0, 0.05) is 31.4 Å². The molecule has 2 rings (SSSR count). The molecule has 2 aromatic carbocycles. The van der Waals surface area contributed by atoms with Crippen LogP contribution in [0.15, 0.2) is 24.3 Å². The van der Waals surface area contributed by atoms with Crippen LogP contribution in [0.25, 0.3) is 0 Å². The number of benzene rings is 2. The van der Waals surface area contributed by atoms with Gasteiger partial charge < -0.3 is 19.7 Å². The van der Waals surface area contributed by atoms with Crippen molar-refractivity contribution >= 4 is 29.2 Å². The zero-order valence-electron chi connectivity index (χ0n) is 23.0. The van der Waals surface area contributed by atoms with E-state index < -0.39 is 62.4 Å². The van der Waals surface area contributed by atoms with Gasteiger partial charge in [-0.3, -0.25) is 24.5 Å². The first-order valence-corrected chi connectivity index (χ1v) is 13.4. The Morgan fingerprint density at radius 1 is 0.775 bits per heavy atom. The summed E-state index contributed by atoms with van der Waals surface area (Å²) in [6.45, 7) is 5.15. The number of nitro benzene ring substituents is 1. The summed E-state index contributed by atoms with van der Waals surface area (Å²) < 4.78 is 10.7. The SMILES string of the molecule is CCCCC(=O)Oc1c(O)c(O)c(C(=O)CCCC)c(C(=O)OCc2ccc([N+](=O)[O-])cc2)c1C(=O)CCCC. The van der Waals surface area contributed by atoms with E-state index in [4.69, 9.17) is 9.47 Å². The molecule has 0 aromatic heterocycles. The van der Waals surface area contributed by atoms with Gasteiger partial charge in [-0.05, 0) is 37.0 Å². The molecular weight excluding hydrogens is 522 g/mol. The van der Waals surface area contributed by atoms with E-state index in [-0.39, 0.29) is 31.6 Å². The van der Waals surface area contributed by atoms with Gasteiger partial charge in [0.05, 0.1) is 21.6 Å². The largest absolute Gasteiger partial charge is 0.504 e. The third kappa shape index (κ3) is 8.11. The highest BCUT2D eigenvalue weighted by molar-refractivity contribution is 6.17. The fourth-order valence-corrected chi connectivity index (χ4v) is 3.89. The van der Waals surface area contributed by atoms with Crippen LogP contribution < -0.4 is 4.74 Å². The van der Waals surface area contributed by atoms with Crippen molar-refractivity contribution in [2.45, 2.75) is 85.2 Å². The Balaban J connectivity index is 2.69. The van der Waals surface area contributed by atoms with Crippen LogP contribution in [0.4, 0.5) is 5.69 Å². The highest BCUT2D eigenvalue weighted by atomic mass is 16.6. The third-order valence-electron chi connectivity index (χ3n) is 6.15. The van der Waals surface area contributed by atoms with E-state index >= 15 is 0 Å². The van der Waals surface area contributed by atoms with Gasteiger partial charge >= 0.3 is 11.9 Å². The number of aromatic hydroxyl groups is 2. The number of hydrogen-bond acceptors (Lipinski definition) is 10. The maximum absolute atomic E-state index is 13.5. The summed E-state index contributed by atoms with van der Waals surface area (Å²) in [4.78, 5) is 62.9. The van der Waals surface area contributed by atoms with Gasteiger partial charge in [0.15, 0.2) is 23.1 Å². The Labute approximate surface area is 232 Å². The number of nitro groups is 1. The summed E-state index contributed by atoms with van der Waals surface area (Å²) in [5.41, 5.74) is -1.49. The van der Waals surface area contributed by atoms with Gasteiger partial charge in [0.25, 0.3) is 5.69 Å². The summed E-state index contributed by atoms with van der Waals surface area (Å²) in [7, 11) is 0. The number of carbonyl (C=O) groups is 4. The Kier molecular flexibility index (Phi) is 12.3. The monoisotopic (exact) mass is 557 g/mol. The first-order valence-electron chi connectivity index (χ1n) is 13.4. The molecular formula is C29H35NO10. The van der Waals surface area contributed by atoms with E-state index in [0.29, 0.717) is 44.1 Å². The van der Waals surface area contributed by atoms with Crippen molar-refractivity contribution in [1.82, 2.24) is 0 Å². The van der Waals surface area contributed by atoms with Crippen LogP contribution in [0, 0.1) is 10.1 Å². The van der Waals surface area contributed by atoms with Gasteiger partial charge in [-0.2, -0.15) is 0 Å². The number of non-ortho nitro benzene ring substituents is 1. The third-order valence-corrected chi connectivity index (χ3v) is 6.15. The Morgan fingerprint density at radius 2 is 1.30 bits per heavy atom. The Bertz CT molecular complexity index is 1250. The number of hydrogen-bond donors (Lipinski definition) is 2. The molecule has 0 heterocycles. The molecule has 0 fully saturated rings. The van der Waals surface area contributed by atoms with Crippen LogP contribution in [0.3, 0.4) is 0 Å². The van der Waals surface area contributed by atoms with Crippen molar-refractivity contribution in [2.24, 2.45) is 0 Å². The van der Waals surface area contributed by atoms with Crippen molar-refractivity contribution in [1.29, 1.82) is 0 Å². The van der Waals surface area contributed by atoms with Crippen LogP contribution in [-0.2, 0) is 16.1 Å². The van der Waals surface area contributed by atoms with Crippen LogP contribution in [0.1, 0.15) is 115 Å². The molecule has 0 aliphatic heterocycles. The molecule has 0 radical (unpaired) electrons. The van der Waals surface area contributed by atoms with E-state index in [1.165, 1.54) is 24.3 Å². The lowest BCUT2D eigenvalue weighted by Gasteiger charge is -2.20. The second-order valence-corrected chi connectivity index (χ2v) is 9.28. The molecule has 0 amide bonds. The van der Waals surface area contributed by atoms with E-state index in [2.05, 4.69) is 0 Å². The first-order chi connectivity index (χ1) is 19.1. The molecule has 216 valence electrons. The molecule has 0 unspecified atom stereocenters. The molecule has 0 aliphatic carbocycles. The molecule has 0 atom stereocenters. The van der Waals surface area contributed by atoms with E-state index in [0.717, 1.165) is 0 Å². The fourth-order valence-electron chi connectivity index (χ4n) is 3.89. The highest BCUT2D eigenvalue weighted by Crippen LogP contribution is 2.46. The average molecular weight is 558 g/mol. The number of unbranched alkanes of at least 4 members (excludes halogenated alkanes) is 3. The predicted octanol–water partition coefficient (Wildman–Crippen LogP) is 6.20. The smallest absolute Gasteiger partial charge is 0.340 e. The minimum absolute atomic E-state index is 0.0452. The molecule has 2 aromatic rings. The highest BCUT2D eigenvalue weighted by Gasteiger charge is 2.36. The van der Waals surface area contributed by atoms with Crippen LogP contribution in [0.5, 0.6) is 17.2 Å². The van der Waals surface area contributed by atoms with Crippen LogP contribution in [0.2, 0.25) is 0 Å². The molecule has 0 saturated heterocycles. The second kappa shape index (κ2) is 15.3. The quantitative estimate of drug-likeness (QED) is 0.0604. The van der Waals surface area contributed by atoms with Gasteiger partial charge in [-0.1, -0.05) is 40.0 Å². The number of phenolic OH excluding ortho intramolecular Hbond substituents is 2. The van der Waals surface area contributed by atoms with Gasteiger partial charge in [0.1, 0.15) is 6.61 Å². The number of phenols is 2. The van der Waals surface area contributed by atoms with Crippen molar-refractivity contribution in [3.63, 3.8) is 0 Å². The minimum atomic E-state index is -1.17. The van der Waals surface area contributed by atoms with E-state index in [9.17, 15) is 39.5 Å². The molecule has 0 bridgehead atoms. The normalized spacial score (nSPS) is 10.7. The zero-order valence-corrected chi connectivity index (χ0v) is 23.0. The topological polar surface area (TPSA) is 170 Å². The second-order valence-electron chi connectivity index (χ2n) is 9.28. The first kappa shape index (κ1) is 31.9. The van der Waals surface area contributed by atoms with Crippen LogP contribution in [-0.4, -0.2) is 38.6 Å². The van der Waals surface area contributed by atoms with Crippen molar-refractivity contribution in [2.75, 3.05) is 0 Å². The van der Waals surface area contributed by atoms with Crippen LogP contribution >= 0.6 is 0 Å². The maximum Gasteiger partial charge on any atom is 0.340 e. The summed E-state index contributed by atoms with van der Waals surface area (Å²) in [5, 5.41) is 32.6. The maximum atomic E-state index is 13.5. The number of esters is 2. The molecule has 0 aliphatic rings. The lowest BCUT2D eigenvalue weighted by atomic mass is 9.90. The lowest BCUT2D eigenvalue weighted by molar-refractivity contribution is -0.384. The minimum Gasteiger partial charge on any atom is -0.504 e. The number of Topliss-reactive ketones (excluding diaryl/α,β-unsaturated/α-hetero) is 2. The van der Waals surface area contributed by atoms with Gasteiger partial charge in [-0.25, -0.2) is 4.79 Å².